The number of halogens is 2. The lowest BCUT2D eigenvalue weighted by Gasteiger charge is -2.17. The lowest BCUT2D eigenvalue weighted by atomic mass is 10.2. The van der Waals surface area contributed by atoms with Crippen molar-refractivity contribution in [3.63, 3.8) is 0 Å². The van der Waals surface area contributed by atoms with Gasteiger partial charge in [-0.2, -0.15) is 0 Å². The highest BCUT2D eigenvalue weighted by Crippen LogP contribution is 2.38. The molecule has 0 heterocycles. The molecule has 1 aliphatic rings. The van der Waals surface area contributed by atoms with Gasteiger partial charge in [-0.25, -0.2) is 8.42 Å². The van der Waals surface area contributed by atoms with Crippen molar-refractivity contribution in [2.24, 2.45) is 11.8 Å². The zero-order valence-electron chi connectivity index (χ0n) is 11.1. The molecule has 2 atom stereocenters. The summed E-state index contributed by atoms with van der Waals surface area (Å²) >= 11 is 3.20. The van der Waals surface area contributed by atoms with Gasteiger partial charge in [-0.05, 0) is 36.5 Å². The van der Waals surface area contributed by atoms with Gasteiger partial charge in [0.15, 0.2) is 0 Å². The third-order valence-corrected chi connectivity index (χ3v) is 5.32. The minimum absolute atomic E-state index is 0.0786. The van der Waals surface area contributed by atoms with Crippen LogP contribution < -0.4 is 0 Å². The van der Waals surface area contributed by atoms with Crippen LogP contribution in [0.15, 0.2) is 27.6 Å². The molecule has 1 aromatic carbocycles. The Hall–Kier alpha value is -0.590. The molecular formula is C13H15BrClNO3S. The third-order valence-electron chi connectivity index (χ3n) is 3.53. The number of amides is 1. The molecule has 0 aliphatic heterocycles. The van der Waals surface area contributed by atoms with Crippen LogP contribution in [0.25, 0.3) is 0 Å². The summed E-state index contributed by atoms with van der Waals surface area (Å²) in [5, 5.41) is 0. The van der Waals surface area contributed by atoms with Crippen LogP contribution in [0, 0.1) is 11.8 Å². The summed E-state index contributed by atoms with van der Waals surface area (Å²) in [5.74, 6) is 1.01. The van der Waals surface area contributed by atoms with E-state index in [4.69, 9.17) is 10.7 Å². The van der Waals surface area contributed by atoms with E-state index in [2.05, 4.69) is 22.9 Å². The molecule has 1 fully saturated rings. The van der Waals surface area contributed by atoms with E-state index in [0.29, 0.717) is 28.4 Å². The molecule has 0 N–H and O–H groups in total. The van der Waals surface area contributed by atoms with Gasteiger partial charge in [-0.15, -0.1) is 0 Å². The smallest absolute Gasteiger partial charge is 0.261 e. The zero-order chi connectivity index (χ0) is 15.1. The maximum absolute atomic E-state index is 12.3. The topological polar surface area (TPSA) is 54.5 Å². The second kappa shape index (κ2) is 5.66. The van der Waals surface area contributed by atoms with Crippen LogP contribution in [0.1, 0.15) is 23.7 Å². The van der Waals surface area contributed by atoms with E-state index >= 15 is 0 Å². The van der Waals surface area contributed by atoms with Crippen LogP contribution in [0.3, 0.4) is 0 Å². The first kappa shape index (κ1) is 15.8. The summed E-state index contributed by atoms with van der Waals surface area (Å²) in [5.41, 5.74) is 0.314. The SMILES string of the molecule is CC1CC1CN(C)C(=O)c1cc(Br)cc(S(=O)(=O)Cl)c1. The van der Waals surface area contributed by atoms with Crippen LogP contribution in [-0.4, -0.2) is 32.8 Å². The molecule has 1 aromatic rings. The molecule has 0 aromatic heterocycles. The molecule has 1 aliphatic carbocycles. The van der Waals surface area contributed by atoms with Gasteiger partial charge >= 0.3 is 0 Å². The number of carbonyl (C=O) groups is 1. The highest BCUT2D eigenvalue weighted by atomic mass is 79.9. The highest BCUT2D eigenvalue weighted by Gasteiger charge is 2.34. The van der Waals surface area contributed by atoms with E-state index in [-0.39, 0.29) is 10.8 Å². The van der Waals surface area contributed by atoms with Crippen molar-refractivity contribution in [2.45, 2.75) is 18.2 Å². The first-order valence-corrected chi connectivity index (χ1v) is 9.29. The first-order chi connectivity index (χ1) is 9.18. The minimum Gasteiger partial charge on any atom is -0.341 e. The number of nitrogens with zero attached hydrogens (tertiary/aromatic N) is 1. The maximum Gasteiger partial charge on any atom is 0.261 e. The van der Waals surface area contributed by atoms with Gasteiger partial charge < -0.3 is 4.90 Å². The van der Waals surface area contributed by atoms with Gasteiger partial charge in [-0.3, -0.25) is 4.79 Å². The molecule has 7 heteroatoms. The fraction of sp³-hybridized carbons (Fsp3) is 0.462. The predicted octanol–water partition coefficient (Wildman–Crippen LogP) is 3.10. The zero-order valence-corrected chi connectivity index (χ0v) is 14.3. The van der Waals surface area contributed by atoms with Crippen LogP contribution in [0.5, 0.6) is 0 Å². The van der Waals surface area contributed by atoms with E-state index in [1.807, 2.05) is 0 Å². The Bertz CT molecular complexity index is 647. The van der Waals surface area contributed by atoms with E-state index in [9.17, 15) is 13.2 Å². The Kier molecular flexibility index (Phi) is 4.47. The quantitative estimate of drug-likeness (QED) is 0.754. The number of hydrogen-bond acceptors (Lipinski definition) is 3. The number of benzene rings is 1. The molecule has 2 rings (SSSR count). The van der Waals surface area contributed by atoms with Crippen molar-refractivity contribution in [2.75, 3.05) is 13.6 Å². The predicted molar refractivity (Wildman–Crippen MR) is 81.4 cm³/mol. The van der Waals surface area contributed by atoms with Gasteiger partial charge in [0, 0.05) is 34.3 Å². The normalized spacial score (nSPS) is 21.6. The van der Waals surface area contributed by atoms with Crippen molar-refractivity contribution in [1.29, 1.82) is 0 Å². The van der Waals surface area contributed by atoms with Crippen molar-refractivity contribution < 1.29 is 13.2 Å². The first-order valence-electron chi connectivity index (χ1n) is 6.19. The van der Waals surface area contributed by atoms with Gasteiger partial charge in [-0.1, -0.05) is 22.9 Å². The summed E-state index contributed by atoms with van der Waals surface area (Å²) in [4.78, 5) is 13.9. The van der Waals surface area contributed by atoms with Crippen LogP contribution >= 0.6 is 26.6 Å². The van der Waals surface area contributed by atoms with E-state index in [0.717, 1.165) is 6.42 Å². The standard InChI is InChI=1S/C13H15BrClNO3S/c1-8-3-10(8)7-16(2)13(17)9-4-11(14)6-12(5-9)20(15,18)19/h4-6,8,10H,3,7H2,1-2H3. The van der Waals surface area contributed by atoms with Gasteiger partial charge in [0.2, 0.25) is 0 Å². The third kappa shape index (κ3) is 3.74. The summed E-state index contributed by atoms with van der Waals surface area (Å²) in [7, 11) is 3.20. The number of hydrogen-bond donors (Lipinski definition) is 0. The fourth-order valence-corrected chi connectivity index (χ4v) is 3.58. The van der Waals surface area contributed by atoms with Gasteiger partial charge in [0.25, 0.3) is 15.0 Å². The largest absolute Gasteiger partial charge is 0.341 e. The second-order valence-electron chi connectivity index (χ2n) is 5.27. The van der Waals surface area contributed by atoms with Gasteiger partial charge in [0.05, 0.1) is 4.90 Å². The highest BCUT2D eigenvalue weighted by molar-refractivity contribution is 9.10. The second-order valence-corrected chi connectivity index (χ2v) is 8.75. The van der Waals surface area contributed by atoms with Crippen LogP contribution in [-0.2, 0) is 9.05 Å². The monoisotopic (exact) mass is 379 g/mol. The Balaban J connectivity index is 2.23. The molecular weight excluding hydrogens is 366 g/mol. The summed E-state index contributed by atoms with van der Waals surface area (Å²) in [6, 6.07) is 4.28. The fourth-order valence-electron chi connectivity index (χ4n) is 2.14. The van der Waals surface area contributed by atoms with E-state index < -0.39 is 9.05 Å². The van der Waals surface area contributed by atoms with Crippen molar-refractivity contribution >= 4 is 41.6 Å². The van der Waals surface area contributed by atoms with Crippen molar-refractivity contribution in [1.82, 2.24) is 4.90 Å². The molecule has 1 amide bonds. The molecule has 110 valence electrons. The summed E-state index contributed by atoms with van der Waals surface area (Å²) in [6.07, 6.45) is 1.14. The van der Waals surface area contributed by atoms with Crippen LogP contribution in [0.4, 0.5) is 0 Å². The Morgan fingerprint density at radius 1 is 1.45 bits per heavy atom. The average Bonchev–Trinajstić information content (AvgIpc) is 3.01. The molecule has 4 nitrogen and oxygen atoms in total. The van der Waals surface area contributed by atoms with Crippen LogP contribution in [0.2, 0.25) is 0 Å². The van der Waals surface area contributed by atoms with E-state index in [1.165, 1.54) is 12.1 Å². The molecule has 0 radical (unpaired) electrons. The molecule has 20 heavy (non-hydrogen) atoms. The van der Waals surface area contributed by atoms with Crippen molar-refractivity contribution in [3.05, 3.63) is 28.2 Å². The minimum atomic E-state index is -3.86. The lowest BCUT2D eigenvalue weighted by Crippen LogP contribution is -2.29. The van der Waals surface area contributed by atoms with Gasteiger partial charge in [0.1, 0.15) is 0 Å². The Morgan fingerprint density at radius 3 is 2.55 bits per heavy atom. The molecule has 0 saturated heterocycles. The Morgan fingerprint density at radius 2 is 2.05 bits per heavy atom. The summed E-state index contributed by atoms with van der Waals surface area (Å²) < 4.78 is 23.3. The lowest BCUT2D eigenvalue weighted by molar-refractivity contribution is 0.0786. The van der Waals surface area contributed by atoms with E-state index in [1.54, 1.807) is 18.0 Å². The number of rotatable bonds is 4. The number of carbonyl (C=O) groups excluding carboxylic acids is 1. The molecule has 0 spiro atoms. The summed E-state index contributed by atoms with van der Waals surface area (Å²) in [6.45, 7) is 2.84. The molecule has 2 unspecified atom stereocenters. The van der Waals surface area contributed by atoms with Crippen molar-refractivity contribution in [3.8, 4) is 0 Å². The maximum atomic E-state index is 12.3. The Labute approximate surface area is 131 Å². The molecule has 0 bridgehead atoms. The molecule has 1 saturated carbocycles. The average molecular weight is 381 g/mol.